The average Bonchev–Trinajstić information content (AvgIpc) is 3.17. The molecule has 0 unspecified atom stereocenters. The first-order valence-electron chi connectivity index (χ1n) is 6.25. The highest BCUT2D eigenvalue weighted by Crippen LogP contribution is 2.48. The third kappa shape index (κ3) is 3.20. The lowest BCUT2D eigenvalue weighted by atomic mass is 10.0. The van der Waals surface area contributed by atoms with E-state index in [-0.39, 0.29) is 11.5 Å². The minimum absolute atomic E-state index is 0.187. The molecule has 1 atom stereocenters. The van der Waals surface area contributed by atoms with Gasteiger partial charge in [-0.25, -0.2) is 0 Å². The smallest absolute Gasteiger partial charge is 0.139 e. The molecule has 1 aliphatic rings. The highest BCUT2D eigenvalue weighted by Gasteiger charge is 2.43. The van der Waals surface area contributed by atoms with Crippen molar-refractivity contribution in [3.05, 3.63) is 30.1 Å². The summed E-state index contributed by atoms with van der Waals surface area (Å²) in [5, 5.41) is 15.2. The number of nitrogens with two attached hydrogens (primary N) is 1. The van der Waals surface area contributed by atoms with Crippen LogP contribution in [-0.4, -0.2) is 22.6 Å². The number of rotatable bonds is 6. The molecule has 0 saturated heterocycles. The van der Waals surface area contributed by atoms with Gasteiger partial charge in [-0.2, -0.15) is 0 Å². The Bertz CT molecular complexity index is 414. The third-order valence-corrected chi connectivity index (χ3v) is 3.61. The fourth-order valence-corrected chi connectivity index (χ4v) is 2.13. The van der Waals surface area contributed by atoms with Gasteiger partial charge < -0.3 is 16.3 Å². The van der Waals surface area contributed by atoms with E-state index >= 15 is 0 Å². The summed E-state index contributed by atoms with van der Waals surface area (Å²) in [6.45, 7) is 3.01. The van der Waals surface area contributed by atoms with E-state index < -0.39 is 0 Å². The zero-order valence-electron chi connectivity index (χ0n) is 10.6. The molecule has 4 N–H and O–H groups in total. The molecule has 0 amide bonds. The minimum atomic E-state index is 0.187. The lowest BCUT2D eigenvalue weighted by Gasteiger charge is -2.19. The zero-order chi connectivity index (χ0) is 13.0. The van der Waals surface area contributed by atoms with Gasteiger partial charge in [0.25, 0.3) is 0 Å². The van der Waals surface area contributed by atoms with Crippen molar-refractivity contribution in [1.82, 2.24) is 10.3 Å². The molecule has 18 heavy (non-hydrogen) atoms. The van der Waals surface area contributed by atoms with E-state index in [4.69, 9.17) is 10.9 Å². The molecule has 0 bridgehead atoms. The molecule has 2 rings (SSSR count). The second-order valence-corrected chi connectivity index (χ2v) is 5.16. The maximum atomic E-state index is 8.62. The van der Waals surface area contributed by atoms with Crippen LogP contribution in [0.1, 0.15) is 37.8 Å². The summed E-state index contributed by atoms with van der Waals surface area (Å²) in [5.41, 5.74) is 6.94. The molecule has 0 spiro atoms. The van der Waals surface area contributed by atoms with Gasteiger partial charge in [0, 0.05) is 31.4 Å². The van der Waals surface area contributed by atoms with Crippen LogP contribution in [-0.2, 0) is 0 Å². The van der Waals surface area contributed by atoms with Gasteiger partial charge >= 0.3 is 0 Å². The van der Waals surface area contributed by atoms with Crippen LogP contribution in [0.3, 0.4) is 0 Å². The van der Waals surface area contributed by atoms with E-state index in [0.29, 0.717) is 12.3 Å². The van der Waals surface area contributed by atoms with Crippen molar-refractivity contribution in [1.29, 1.82) is 0 Å². The van der Waals surface area contributed by atoms with E-state index in [1.165, 1.54) is 5.56 Å². The van der Waals surface area contributed by atoms with Crippen LogP contribution in [0.2, 0.25) is 0 Å². The lowest BCUT2D eigenvalue weighted by Crippen LogP contribution is -2.30. The summed E-state index contributed by atoms with van der Waals surface area (Å²) in [6.07, 6.45) is 6.58. The number of hydrogen-bond donors (Lipinski definition) is 3. The zero-order valence-corrected chi connectivity index (χ0v) is 10.6. The summed E-state index contributed by atoms with van der Waals surface area (Å²) in [4.78, 5) is 4.12. The maximum Gasteiger partial charge on any atom is 0.139 e. The SMILES string of the molecule is C[C@@H](NCC1(C/C(N)=N/O)CC1)c1cccnc1. The highest BCUT2D eigenvalue weighted by atomic mass is 16.4. The van der Waals surface area contributed by atoms with Crippen LogP contribution in [0.15, 0.2) is 29.7 Å². The molecule has 5 nitrogen and oxygen atoms in total. The predicted molar refractivity (Wildman–Crippen MR) is 70.3 cm³/mol. The normalized spacial score (nSPS) is 19.5. The standard InChI is InChI=1S/C13H20N4O/c1-10(11-3-2-6-15-8-11)16-9-13(4-5-13)7-12(14)17-18/h2-3,6,8,10,16,18H,4-5,7,9H2,1H3,(H2,14,17)/t10-/m1/s1. The Labute approximate surface area is 107 Å². The van der Waals surface area contributed by atoms with Crippen molar-refractivity contribution in [2.24, 2.45) is 16.3 Å². The summed E-state index contributed by atoms with van der Waals surface area (Å²) < 4.78 is 0. The molecule has 1 fully saturated rings. The molecule has 1 aliphatic carbocycles. The van der Waals surface area contributed by atoms with E-state index in [0.717, 1.165) is 19.4 Å². The average molecular weight is 248 g/mol. The fraction of sp³-hybridized carbons (Fsp3) is 0.538. The number of amidine groups is 1. The second-order valence-electron chi connectivity index (χ2n) is 5.16. The van der Waals surface area contributed by atoms with Gasteiger partial charge in [-0.05, 0) is 36.8 Å². The Morgan fingerprint density at radius 3 is 3.00 bits per heavy atom. The largest absolute Gasteiger partial charge is 0.409 e. The van der Waals surface area contributed by atoms with Crippen molar-refractivity contribution in [2.75, 3.05) is 6.54 Å². The molecule has 0 aromatic carbocycles. The van der Waals surface area contributed by atoms with Crippen LogP contribution in [0.25, 0.3) is 0 Å². The molecule has 5 heteroatoms. The molecule has 1 aromatic rings. The second kappa shape index (κ2) is 5.35. The molecular weight excluding hydrogens is 228 g/mol. The van der Waals surface area contributed by atoms with Gasteiger partial charge in [0.15, 0.2) is 0 Å². The fourth-order valence-electron chi connectivity index (χ4n) is 2.13. The third-order valence-electron chi connectivity index (χ3n) is 3.61. The lowest BCUT2D eigenvalue weighted by molar-refractivity contribution is 0.313. The van der Waals surface area contributed by atoms with E-state index in [1.807, 2.05) is 12.3 Å². The Balaban J connectivity index is 1.85. The first kappa shape index (κ1) is 12.8. The predicted octanol–water partition coefficient (Wildman–Crippen LogP) is 1.65. The first-order chi connectivity index (χ1) is 8.65. The van der Waals surface area contributed by atoms with Crippen molar-refractivity contribution >= 4 is 5.84 Å². The Morgan fingerprint density at radius 2 is 2.44 bits per heavy atom. The van der Waals surface area contributed by atoms with Gasteiger partial charge in [0.1, 0.15) is 5.84 Å². The summed E-state index contributed by atoms with van der Waals surface area (Å²) in [6, 6.07) is 4.27. The molecule has 0 aliphatic heterocycles. The number of nitrogens with one attached hydrogen (secondary N) is 1. The molecule has 98 valence electrons. The monoisotopic (exact) mass is 248 g/mol. The van der Waals surface area contributed by atoms with Crippen LogP contribution < -0.4 is 11.1 Å². The number of pyridine rings is 1. The number of aromatic nitrogens is 1. The minimum Gasteiger partial charge on any atom is -0.409 e. The van der Waals surface area contributed by atoms with Gasteiger partial charge in [-0.3, -0.25) is 4.98 Å². The van der Waals surface area contributed by atoms with Crippen LogP contribution in [0.5, 0.6) is 0 Å². The van der Waals surface area contributed by atoms with E-state index in [1.54, 1.807) is 6.20 Å². The number of oxime groups is 1. The van der Waals surface area contributed by atoms with Crippen molar-refractivity contribution in [3.8, 4) is 0 Å². The van der Waals surface area contributed by atoms with Crippen LogP contribution >= 0.6 is 0 Å². The van der Waals surface area contributed by atoms with Gasteiger partial charge in [-0.1, -0.05) is 11.2 Å². The highest BCUT2D eigenvalue weighted by molar-refractivity contribution is 5.80. The van der Waals surface area contributed by atoms with Crippen molar-refractivity contribution < 1.29 is 5.21 Å². The molecule has 1 heterocycles. The first-order valence-corrected chi connectivity index (χ1v) is 6.25. The summed E-state index contributed by atoms with van der Waals surface area (Å²) in [5.74, 6) is 0.323. The van der Waals surface area contributed by atoms with Crippen molar-refractivity contribution in [3.63, 3.8) is 0 Å². The Morgan fingerprint density at radius 1 is 1.67 bits per heavy atom. The van der Waals surface area contributed by atoms with Crippen LogP contribution in [0.4, 0.5) is 0 Å². The molecular formula is C13H20N4O. The number of nitrogens with zero attached hydrogens (tertiary/aromatic N) is 2. The van der Waals surface area contributed by atoms with Crippen molar-refractivity contribution in [2.45, 2.75) is 32.2 Å². The quantitative estimate of drug-likeness (QED) is 0.309. The van der Waals surface area contributed by atoms with Gasteiger partial charge in [0.05, 0.1) is 0 Å². The van der Waals surface area contributed by atoms with Gasteiger partial charge in [0.2, 0.25) is 0 Å². The van der Waals surface area contributed by atoms with Crippen LogP contribution in [0, 0.1) is 5.41 Å². The number of hydrogen-bond acceptors (Lipinski definition) is 4. The summed E-state index contributed by atoms with van der Waals surface area (Å²) >= 11 is 0. The Hall–Kier alpha value is -1.62. The maximum absolute atomic E-state index is 8.62. The molecule has 0 radical (unpaired) electrons. The van der Waals surface area contributed by atoms with E-state index in [2.05, 4.69) is 28.4 Å². The topological polar surface area (TPSA) is 83.5 Å². The van der Waals surface area contributed by atoms with E-state index in [9.17, 15) is 0 Å². The molecule has 1 saturated carbocycles. The van der Waals surface area contributed by atoms with Gasteiger partial charge in [-0.15, -0.1) is 0 Å². The summed E-state index contributed by atoms with van der Waals surface area (Å²) in [7, 11) is 0. The molecule has 1 aromatic heterocycles. The Kier molecular flexibility index (Phi) is 3.81.